The molecule has 0 saturated heterocycles. The van der Waals surface area contributed by atoms with Crippen LogP contribution in [-0.4, -0.2) is 17.9 Å². The fourth-order valence-electron chi connectivity index (χ4n) is 1.82. The van der Waals surface area contributed by atoms with E-state index < -0.39 is 6.16 Å². The van der Waals surface area contributed by atoms with Gasteiger partial charge in [-0.3, -0.25) is 0 Å². The second-order valence-corrected chi connectivity index (χ2v) is 4.53. The molecule has 0 heterocycles. The molecule has 0 radical (unpaired) electrons. The predicted molar refractivity (Wildman–Crippen MR) is 54.2 cm³/mol. The Hall–Kier alpha value is -0.730. The van der Waals surface area contributed by atoms with E-state index in [1.54, 1.807) is 0 Å². The summed E-state index contributed by atoms with van der Waals surface area (Å²) in [6.45, 7) is 5.64. The summed E-state index contributed by atoms with van der Waals surface area (Å²) in [5.74, 6) is 0. The molecule has 0 aromatic carbocycles. The third-order valence-corrected chi connectivity index (χ3v) is 2.57. The molecule has 0 spiro atoms. The Labute approximate surface area is 85.8 Å². The molecule has 1 aliphatic rings. The van der Waals surface area contributed by atoms with Crippen LogP contribution in [0.15, 0.2) is 0 Å². The van der Waals surface area contributed by atoms with Gasteiger partial charge in [-0.1, -0.05) is 6.42 Å². The molecule has 0 atom stereocenters. The smallest absolute Gasteiger partial charge is 0.432 e. The average Bonchev–Trinajstić information content (AvgIpc) is 2.02. The molecule has 1 rings (SSSR count). The van der Waals surface area contributed by atoms with Gasteiger partial charge in [0.1, 0.15) is 5.60 Å². The van der Waals surface area contributed by atoms with Gasteiger partial charge in [-0.15, -0.1) is 0 Å². The van der Waals surface area contributed by atoms with E-state index in [2.05, 4.69) is 0 Å². The highest BCUT2D eigenvalue weighted by atomic mass is 16.7. The quantitative estimate of drug-likeness (QED) is 0.642. The summed E-state index contributed by atoms with van der Waals surface area (Å²) >= 11 is 0. The molecular weight excluding hydrogens is 180 g/mol. The molecule has 14 heavy (non-hydrogen) atoms. The van der Waals surface area contributed by atoms with E-state index in [4.69, 9.17) is 9.47 Å². The highest BCUT2D eigenvalue weighted by Crippen LogP contribution is 2.31. The average molecular weight is 200 g/mol. The van der Waals surface area contributed by atoms with E-state index in [1.807, 2.05) is 20.8 Å². The summed E-state index contributed by atoms with van der Waals surface area (Å²) in [6.07, 6.45) is 4.83. The molecule has 0 unspecified atom stereocenters. The molecule has 0 aromatic rings. The fourth-order valence-corrected chi connectivity index (χ4v) is 1.82. The van der Waals surface area contributed by atoms with Gasteiger partial charge in [0.15, 0.2) is 0 Å². The Morgan fingerprint density at radius 1 is 1.21 bits per heavy atom. The Morgan fingerprint density at radius 3 is 2.29 bits per heavy atom. The van der Waals surface area contributed by atoms with Crippen molar-refractivity contribution < 1.29 is 14.3 Å². The van der Waals surface area contributed by atoms with Crippen molar-refractivity contribution in [2.24, 2.45) is 0 Å². The standard InChI is InChI=1S/C11H20O3/c1-9(2)13-10(12)14-11(3)7-5-4-6-8-11/h9H,4-8H2,1-3H3. The van der Waals surface area contributed by atoms with Crippen LogP contribution < -0.4 is 0 Å². The molecule has 0 bridgehead atoms. The number of hydrogen-bond donors (Lipinski definition) is 0. The number of rotatable bonds is 2. The van der Waals surface area contributed by atoms with Crippen molar-refractivity contribution in [3.63, 3.8) is 0 Å². The lowest BCUT2D eigenvalue weighted by Gasteiger charge is -2.32. The minimum atomic E-state index is -0.524. The Kier molecular flexibility index (Phi) is 3.78. The van der Waals surface area contributed by atoms with Crippen molar-refractivity contribution in [1.82, 2.24) is 0 Å². The maximum atomic E-state index is 11.3. The first-order valence-electron chi connectivity index (χ1n) is 5.41. The molecule has 0 aromatic heterocycles. The van der Waals surface area contributed by atoms with Crippen LogP contribution in [0.25, 0.3) is 0 Å². The molecule has 0 N–H and O–H groups in total. The Balaban J connectivity index is 2.37. The normalized spacial score (nSPS) is 20.6. The molecule has 1 saturated carbocycles. The summed E-state index contributed by atoms with van der Waals surface area (Å²) in [6, 6.07) is 0. The Morgan fingerprint density at radius 2 is 1.79 bits per heavy atom. The lowest BCUT2D eigenvalue weighted by molar-refractivity contribution is -0.0527. The molecular formula is C11H20O3. The number of carbonyl (C=O) groups excluding carboxylic acids is 1. The first kappa shape index (κ1) is 11.3. The van der Waals surface area contributed by atoms with Crippen molar-refractivity contribution in [2.75, 3.05) is 0 Å². The topological polar surface area (TPSA) is 35.5 Å². The summed E-state index contributed by atoms with van der Waals surface area (Å²) in [4.78, 5) is 11.3. The van der Waals surface area contributed by atoms with Crippen molar-refractivity contribution in [3.05, 3.63) is 0 Å². The SMILES string of the molecule is CC(C)OC(=O)OC1(C)CCCCC1. The number of hydrogen-bond acceptors (Lipinski definition) is 3. The molecule has 1 aliphatic carbocycles. The highest BCUT2D eigenvalue weighted by molar-refractivity contribution is 5.60. The summed E-state index contributed by atoms with van der Waals surface area (Å²) < 4.78 is 10.3. The van der Waals surface area contributed by atoms with Gasteiger partial charge in [0.25, 0.3) is 0 Å². The van der Waals surface area contributed by atoms with Gasteiger partial charge >= 0.3 is 6.16 Å². The van der Waals surface area contributed by atoms with Crippen LogP contribution in [-0.2, 0) is 9.47 Å². The van der Waals surface area contributed by atoms with E-state index in [9.17, 15) is 4.79 Å². The van der Waals surface area contributed by atoms with E-state index in [-0.39, 0.29) is 11.7 Å². The van der Waals surface area contributed by atoms with Gasteiger partial charge in [-0.25, -0.2) is 4.79 Å². The third-order valence-electron chi connectivity index (χ3n) is 2.57. The lowest BCUT2D eigenvalue weighted by atomic mass is 9.86. The first-order chi connectivity index (χ1) is 6.52. The fraction of sp³-hybridized carbons (Fsp3) is 0.909. The highest BCUT2D eigenvalue weighted by Gasteiger charge is 2.31. The molecule has 3 nitrogen and oxygen atoms in total. The Bertz CT molecular complexity index is 193. The minimum Gasteiger partial charge on any atom is -0.432 e. The van der Waals surface area contributed by atoms with Crippen LogP contribution >= 0.6 is 0 Å². The lowest BCUT2D eigenvalue weighted by Crippen LogP contribution is -2.34. The van der Waals surface area contributed by atoms with E-state index in [0.717, 1.165) is 25.7 Å². The maximum Gasteiger partial charge on any atom is 0.509 e. The summed E-state index contributed by atoms with van der Waals surface area (Å²) in [5.41, 5.74) is -0.287. The van der Waals surface area contributed by atoms with Gasteiger partial charge in [-0.2, -0.15) is 0 Å². The van der Waals surface area contributed by atoms with Crippen molar-refractivity contribution in [3.8, 4) is 0 Å². The number of carbonyl (C=O) groups is 1. The van der Waals surface area contributed by atoms with E-state index in [0.29, 0.717) is 0 Å². The van der Waals surface area contributed by atoms with E-state index >= 15 is 0 Å². The van der Waals surface area contributed by atoms with Crippen molar-refractivity contribution in [1.29, 1.82) is 0 Å². The van der Waals surface area contributed by atoms with Crippen LogP contribution in [0, 0.1) is 0 Å². The third kappa shape index (κ3) is 3.56. The van der Waals surface area contributed by atoms with Gasteiger partial charge in [0.2, 0.25) is 0 Å². The van der Waals surface area contributed by atoms with Crippen molar-refractivity contribution in [2.45, 2.75) is 64.6 Å². The molecule has 0 aliphatic heterocycles. The van der Waals surface area contributed by atoms with Gasteiger partial charge in [-0.05, 0) is 46.5 Å². The van der Waals surface area contributed by atoms with Gasteiger partial charge in [0.05, 0.1) is 6.10 Å². The summed E-state index contributed by atoms with van der Waals surface area (Å²) in [5, 5.41) is 0. The predicted octanol–water partition coefficient (Wildman–Crippen LogP) is 3.27. The van der Waals surface area contributed by atoms with Crippen LogP contribution in [0.1, 0.15) is 52.9 Å². The zero-order chi connectivity index (χ0) is 10.6. The van der Waals surface area contributed by atoms with Crippen LogP contribution in [0.3, 0.4) is 0 Å². The largest absolute Gasteiger partial charge is 0.509 e. The van der Waals surface area contributed by atoms with E-state index in [1.165, 1.54) is 6.42 Å². The maximum absolute atomic E-state index is 11.3. The second-order valence-electron chi connectivity index (χ2n) is 4.53. The minimum absolute atomic E-state index is 0.102. The van der Waals surface area contributed by atoms with Crippen molar-refractivity contribution >= 4 is 6.16 Å². The zero-order valence-electron chi connectivity index (χ0n) is 9.34. The zero-order valence-corrected chi connectivity index (χ0v) is 9.34. The summed E-state index contributed by atoms with van der Waals surface area (Å²) in [7, 11) is 0. The molecule has 1 fully saturated rings. The number of ether oxygens (including phenoxy) is 2. The van der Waals surface area contributed by atoms with Crippen LogP contribution in [0.4, 0.5) is 4.79 Å². The first-order valence-corrected chi connectivity index (χ1v) is 5.41. The van der Waals surface area contributed by atoms with Crippen LogP contribution in [0.5, 0.6) is 0 Å². The monoisotopic (exact) mass is 200 g/mol. The van der Waals surface area contributed by atoms with Gasteiger partial charge in [0, 0.05) is 0 Å². The second kappa shape index (κ2) is 4.67. The molecule has 82 valence electrons. The van der Waals surface area contributed by atoms with Gasteiger partial charge < -0.3 is 9.47 Å². The van der Waals surface area contributed by atoms with Crippen LogP contribution in [0.2, 0.25) is 0 Å². The molecule has 3 heteroatoms. The molecule has 0 amide bonds.